The van der Waals surface area contributed by atoms with Crippen LogP contribution in [0.3, 0.4) is 0 Å². The Labute approximate surface area is 112 Å². The van der Waals surface area contributed by atoms with Crippen molar-refractivity contribution < 1.29 is 4.39 Å². The van der Waals surface area contributed by atoms with Crippen LogP contribution in [-0.2, 0) is 0 Å². The average molecular weight is 315 g/mol. The first-order valence-electron chi connectivity index (χ1n) is 5.17. The van der Waals surface area contributed by atoms with Crippen LogP contribution in [0.15, 0.2) is 34.2 Å². The molecule has 0 saturated carbocycles. The number of rotatable bonds is 3. The van der Waals surface area contributed by atoms with Gasteiger partial charge in [-0.2, -0.15) is 0 Å². The lowest BCUT2D eigenvalue weighted by Crippen LogP contribution is -2.23. The lowest BCUT2D eigenvalue weighted by Gasteiger charge is -2.25. The molecule has 17 heavy (non-hydrogen) atoms. The standard InChI is InChI=1S/C12H12BrFN2S/c1-8(11-4-3-5-17-11)16(2)12-10(14)6-9(13)7-15-12/h3-8H,1-2H3. The Bertz CT molecular complexity index is 501. The Balaban J connectivity index is 2.28. The molecule has 0 fully saturated rings. The lowest BCUT2D eigenvalue weighted by atomic mass is 10.2. The van der Waals surface area contributed by atoms with Crippen molar-refractivity contribution in [1.29, 1.82) is 0 Å². The topological polar surface area (TPSA) is 16.1 Å². The third-order valence-corrected chi connectivity index (χ3v) is 4.13. The maximum Gasteiger partial charge on any atom is 0.166 e. The normalized spacial score (nSPS) is 12.5. The van der Waals surface area contributed by atoms with Gasteiger partial charge in [0.2, 0.25) is 0 Å². The van der Waals surface area contributed by atoms with E-state index in [1.54, 1.807) is 17.5 Å². The molecule has 0 bridgehead atoms. The van der Waals surface area contributed by atoms with Gasteiger partial charge in [-0.05, 0) is 40.4 Å². The molecule has 0 saturated heterocycles. The number of anilines is 1. The Hall–Kier alpha value is -0.940. The maximum absolute atomic E-state index is 13.8. The van der Waals surface area contributed by atoms with Gasteiger partial charge in [-0.25, -0.2) is 9.37 Å². The summed E-state index contributed by atoms with van der Waals surface area (Å²) in [6, 6.07) is 5.58. The van der Waals surface area contributed by atoms with Crippen LogP contribution in [0.1, 0.15) is 17.8 Å². The van der Waals surface area contributed by atoms with Gasteiger partial charge in [-0.3, -0.25) is 0 Å². The molecule has 0 N–H and O–H groups in total. The fourth-order valence-electron chi connectivity index (χ4n) is 1.57. The zero-order chi connectivity index (χ0) is 12.4. The smallest absolute Gasteiger partial charge is 0.166 e. The summed E-state index contributed by atoms with van der Waals surface area (Å²) in [6.45, 7) is 2.04. The largest absolute Gasteiger partial charge is 0.350 e. The molecular weight excluding hydrogens is 303 g/mol. The van der Waals surface area contributed by atoms with Gasteiger partial charge in [-0.1, -0.05) is 6.07 Å². The highest BCUT2D eigenvalue weighted by atomic mass is 79.9. The summed E-state index contributed by atoms with van der Waals surface area (Å²) in [5.41, 5.74) is 0. The van der Waals surface area contributed by atoms with Gasteiger partial charge in [-0.15, -0.1) is 11.3 Å². The van der Waals surface area contributed by atoms with Crippen LogP contribution < -0.4 is 4.90 Å². The summed E-state index contributed by atoms with van der Waals surface area (Å²) in [5, 5.41) is 2.02. The van der Waals surface area contributed by atoms with Gasteiger partial charge >= 0.3 is 0 Å². The zero-order valence-electron chi connectivity index (χ0n) is 9.52. The van der Waals surface area contributed by atoms with Gasteiger partial charge in [0.1, 0.15) is 0 Å². The van der Waals surface area contributed by atoms with Gasteiger partial charge in [0.15, 0.2) is 11.6 Å². The second-order valence-electron chi connectivity index (χ2n) is 3.76. The van der Waals surface area contributed by atoms with Crippen LogP contribution in [0.2, 0.25) is 0 Å². The van der Waals surface area contributed by atoms with E-state index in [0.717, 1.165) is 0 Å². The highest BCUT2D eigenvalue weighted by Crippen LogP contribution is 2.29. The number of nitrogens with zero attached hydrogens (tertiary/aromatic N) is 2. The van der Waals surface area contributed by atoms with Crippen molar-refractivity contribution in [1.82, 2.24) is 4.98 Å². The van der Waals surface area contributed by atoms with Crippen LogP contribution >= 0.6 is 27.3 Å². The summed E-state index contributed by atoms with van der Waals surface area (Å²) >= 11 is 4.86. The average Bonchev–Trinajstić information content (AvgIpc) is 2.80. The van der Waals surface area contributed by atoms with Gasteiger partial charge in [0.05, 0.1) is 6.04 Å². The SMILES string of the molecule is CC(c1cccs1)N(C)c1ncc(Br)cc1F. The maximum atomic E-state index is 13.8. The molecule has 2 heterocycles. The van der Waals surface area contributed by atoms with Gasteiger partial charge in [0.25, 0.3) is 0 Å². The lowest BCUT2D eigenvalue weighted by molar-refractivity contribution is 0.603. The summed E-state index contributed by atoms with van der Waals surface area (Å²) in [5.74, 6) is 0.0550. The number of hydrogen-bond acceptors (Lipinski definition) is 3. The predicted molar refractivity (Wildman–Crippen MR) is 73.0 cm³/mol. The molecule has 0 amide bonds. The van der Waals surface area contributed by atoms with Crippen LogP contribution in [0.25, 0.3) is 0 Å². The first kappa shape index (κ1) is 12.5. The molecule has 2 nitrogen and oxygen atoms in total. The fourth-order valence-corrected chi connectivity index (χ4v) is 2.70. The van der Waals surface area contributed by atoms with Gasteiger partial charge < -0.3 is 4.90 Å². The van der Waals surface area contributed by atoms with Crippen LogP contribution in [0.5, 0.6) is 0 Å². The molecule has 1 unspecified atom stereocenters. The van der Waals surface area contributed by atoms with Crippen molar-refractivity contribution in [2.75, 3.05) is 11.9 Å². The molecule has 2 aromatic rings. The predicted octanol–water partition coefficient (Wildman–Crippen LogP) is 4.24. The monoisotopic (exact) mass is 314 g/mol. The van der Waals surface area contributed by atoms with E-state index in [9.17, 15) is 4.39 Å². The molecule has 0 aliphatic rings. The number of aromatic nitrogens is 1. The first-order chi connectivity index (χ1) is 8.09. The number of halogens is 2. The molecule has 0 radical (unpaired) electrons. The molecule has 0 spiro atoms. The van der Waals surface area contributed by atoms with Crippen molar-refractivity contribution >= 4 is 33.1 Å². The molecular formula is C12H12BrFN2S. The summed E-state index contributed by atoms with van der Waals surface area (Å²) in [7, 11) is 1.85. The highest BCUT2D eigenvalue weighted by molar-refractivity contribution is 9.10. The minimum Gasteiger partial charge on any atom is -0.350 e. The van der Waals surface area contributed by atoms with E-state index in [4.69, 9.17) is 0 Å². The fraction of sp³-hybridized carbons (Fsp3) is 0.250. The molecule has 90 valence electrons. The zero-order valence-corrected chi connectivity index (χ0v) is 11.9. The first-order valence-corrected chi connectivity index (χ1v) is 6.84. The van der Waals surface area contributed by atoms with E-state index < -0.39 is 0 Å². The van der Waals surface area contributed by atoms with Crippen molar-refractivity contribution in [3.63, 3.8) is 0 Å². The van der Waals surface area contributed by atoms with E-state index in [1.165, 1.54) is 10.9 Å². The van der Waals surface area contributed by atoms with Crippen molar-refractivity contribution in [2.45, 2.75) is 13.0 Å². The van der Waals surface area contributed by atoms with Crippen molar-refractivity contribution in [3.8, 4) is 0 Å². The molecule has 5 heteroatoms. The summed E-state index contributed by atoms with van der Waals surface area (Å²) in [6.07, 6.45) is 1.61. The molecule has 2 rings (SSSR count). The Morgan fingerprint density at radius 3 is 2.88 bits per heavy atom. The van der Waals surface area contributed by atoms with E-state index in [1.807, 2.05) is 36.4 Å². The van der Waals surface area contributed by atoms with E-state index in [2.05, 4.69) is 20.9 Å². The quantitative estimate of drug-likeness (QED) is 0.842. The van der Waals surface area contributed by atoms with Crippen LogP contribution in [0.4, 0.5) is 10.2 Å². The Kier molecular flexibility index (Phi) is 3.79. The second kappa shape index (κ2) is 5.14. The van der Waals surface area contributed by atoms with E-state index >= 15 is 0 Å². The molecule has 1 atom stereocenters. The minimum absolute atomic E-state index is 0.109. The van der Waals surface area contributed by atoms with Crippen LogP contribution in [-0.4, -0.2) is 12.0 Å². The molecule has 0 aliphatic carbocycles. The molecule has 2 aromatic heterocycles. The summed E-state index contributed by atoms with van der Waals surface area (Å²) < 4.78 is 14.4. The highest BCUT2D eigenvalue weighted by Gasteiger charge is 2.17. The number of pyridine rings is 1. The molecule has 0 aliphatic heterocycles. The minimum atomic E-state index is -0.315. The van der Waals surface area contributed by atoms with Crippen molar-refractivity contribution in [2.24, 2.45) is 0 Å². The van der Waals surface area contributed by atoms with Crippen molar-refractivity contribution in [3.05, 3.63) is 44.9 Å². The summed E-state index contributed by atoms with van der Waals surface area (Å²) in [4.78, 5) is 7.15. The van der Waals surface area contributed by atoms with Crippen LogP contribution in [0, 0.1) is 5.82 Å². The Morgan fingerprint density at radius 2 is 2.29 bits per heavy atom. The van der Waals surface area contributed by atoms with Gasteiger partial charge in [0, 0.05) is 22.6 Å². The molecule has 0 aromatic carbocycles. The van der Waals surface area contributed by atoms with E-state index in [-0.39, 0.29) is 11.9 Å². The van der Waals surface area contributed by atoms with E-state index in [0.29, 0.717) is 10.3 Å². The third kappa shape index (κ3) is 2.66. The Morgan fingerprint density at radius 1 is 1.53 bits per heavy atom. The number of hydrogen-bond donors (Lipinski definition) is 0. The second-order valence-corrected chi connectivity index (χ2v) is 5.66. The third-order valence-electron chi connectivity index (χ3n) is 2.66. The number of thiophene rings is 1.